The van der Waals surface area contributed by atoms with Crippen LogP contribution in [-0.4, -0.2) is 40.7 Å². The van der Waals surface area contributed by atoms with Crippen molar-refractivity contribution in [2.75, 3.05) is 18.8 Å². The monoisotopic (exact) mass is 304 g/mol. The summed E-state index contributed by atoms with van der Waals surface area (Å²) >= 11 is 1.29. The zero-order chi connectivity index (χ0) is 15.2. The number of aliphatic carboxylic acids is 1. The van der Waals surface area contributed by atoms with E-state index in [4.69, 9.17) is 10.4 Å². The van der Waals surface area contributed by atoms with Crippen molar-refractivity contribution in [3.05, 3.63) is 29.8 Å². The number of nitriles is 1. The minimum atomic E-state index is -1.01. The Labute approximate surface area is 127 Å². The summed E-state index contributed by atoms with van der Waals surface area (Å²) in [5.41, 5.74) is 0.472. The Morgan fingerprint density at radius 3 is 2.71 bits per heavy atom. The average Bonchev–Trinajstić information content (AvgIpc) is 3.27. The summed E-state index contributed by atoms with van der Waals surface area (Å²) in [5, 5.41) is 17.7. The molecule has 0 unspecified atom stereocenters. The average molecular weight is 304 g/mol. The van der Waals surface area contributed by atoms with Crippen molar-refractivity contribution in [3.8, 4) is 6.07 Å². The molecule has 1 aromatic carbocycles. The number of carbonyl (C=O) groups is 2. The number of hydrogen-bond donors (Lipinski definition) is 1. The van der Waals surface area contributed by atoms with Crippen LogP contribution < -0.4 is 0 Å². The number of benzene rings is 1. The maximum Gasteiger partial charge on any atom is 0.323 e. The first-order chi connectivity index (χ1) is 10.1. The number of thioether (sulfide) groups is 1. The number of carboxylic acids is 1. The quantitative estimate of drug-likeness (QED) is 0.781. The van der Waals surface area contributed by atoms with Crippen LogP contribution in [0.15, 0.2) is 29.2 Å². The number of nitrogens with zero attached hydrogens (tertiary/aromatic N) is 2. The molecule has 0 aromatic heterocycles. The highest BCUT2D eigenvalue weighted by Crippen LogP contribution is 2.31. The summed E-state index contributed by atoms with van der Waals surface area (Å²) in [6.07, 6.45) is 2.10. The van der Waals surface area contributed by atoms with Gasteiger partial charge in [0, 0.05) is 11.4 Å². The molecule has 21 heavy (non-hydrogen) atoms. The Morgan fingerprint density at radius 2 is 2.10 bits per heavy atom. The fourth-order valence-corrected chi connectivity index (χ4v) is 2.75. The van der Waals surface area contributed by atoms with E-state index in [2.05, 4.69) is 0 Å². The van der Waals surface area contributed by atoms with Crippen molar-refractivity contribution in [3.63, 3.8) is 0 Å². The van der Waals surface area contributed by atoms with Crippen LogP contribution in [-0.2, 0) is 4.79 Å². The van der Waals surface area contributed by atoms with Gasteiger partial charge in [0.1, 0.15) is 6.54 Å². The topological polar surface area (TPSA) is 81.4 Å². The number of hydrogen-bond acceptors (Lipinski definition) is 4. The van der Waals surface area contributed by atoms with Gasteiger partial charge < -0.3 is 10.0 Å². The molecule has 0 atom stereocenters. The van der Waals surface area contributed by atoms with Crippen LogP contribution >= 0.6 is 11.8 Å². The molecule has 0 heterocycles. The van der Waals surface area contributed by atoms with Crippen molar-refractivity contribution < 1.29 is 14.7 Å². The summed E-state index contributed by atoms with van der Waals surface area (Å²) in [7, 11) is 0. The summed E-state index contributed by atoms with van der Waals surface area (Å²) in [6.45, 7) is 0.203. The minimum absolute atomic E-state index is 0.256. The lowest BCUT2D eigenvalue weighted by molar-refractivity contribution is -0.137. The van der Waals surface area contributed by atoms with E-state index in [1.165, 1.54) is 16.7 Å². The SMILES string of the molecule is N#CCSc1ccccc1C(=O)N(CC(=O)O)CC1CC1. The van der Waals surface area contributed by atoms with Gasteiger partial charge in [-0.25, -0.2) is 0 Å². The third-order valence-electron chi connectivity index (χ3n) is 3.20. The molecule has 1 amide bonds. The van der Waals surface area contributed by atoms with E-state index in [1.807, 2.05) is 6.07 Å². The van der Waals surface area contributed by atoms with Gasteiger partial charge in [-0.1, -0.05) is 12.1 Å². The Kier molecular flexibility index (Phi) is 5.23. The van der Waals surface area contributed by atoms with Crippen LogP contribution in [0.25, 0.3) is 0 Å². The number of rotatable bonds is 7. The van der Waals surface area contributed by atoms with Gasteiger partial charge in [-0.05, 0) is 30.9 Å². The fraction of sp³-hybridized carbons (Fsp3) is 0.400. The summed E-state index contributed by atoms with van der Waals surface area (Å²) < 4.78 is 0. The molecule has 1 fully saturated rings. The van der Waals surface area contributed by atoms with Crippen LogP contribution in [0, 0.1) is 17.2 Å². The first kappa shape index (κ1) is 15.4. The van der Waals surface area contributed by atoms with E-state index in [0.717, 1.165) is 17.7 Å². The van der Waals surface area contributed by atoms with Gasteiger partial charge in [-0.15, -0.1) is 11.8 Å². The normalized spacial score (nSPS) is 13.5. The molecule has 1 N–H and O–H groups in total. The van der Waals surface area contributed by atoms with Gasteiger partial charge >= 0.3 is 5.97 Å². The summed E-state index contributed by atoms with van der Waals surface area (Å²) in [4.78, 5) is 25.7. The fourth-order valence-electron chi connectivity index (χ4n) is 2.04. The van der Waals surface area contributed by atoms with Crippen molar-refractivity contribution in [1.82, 2.24) is 4.90 Å². The molecule has 1 saturated carbocycles. The lowest BCUT2D eigenvalue weighted by Crippen LogP contribution is -2.37. The maximum absolute atomic E-state index is 12.6. The summed E-state index contributed by atoms with van der Waals surface area (Å²) in [5.74, 6) is -0.602. The molecule has 0 bridgehead atoms. The molecule has 0 aliphatic heterocycles. The molecule has 1 aromatic rings. The Bertz CT molecular complexity index is 579. The molecular formula is C15H16N2O3S. The van der Waals surface area contributed by atoms with E-state index < -0.39 is 5.97 Å². The van der Waals surface area contributed by atoms with E-state index in [-0.39, 0.29) is 18.2 Å². The van der Waals surface area contributed by atoms with Gasteiger partial charge in [0.15, 0.2) is 0 Å². The largest absolute Gasteiger partial charge is 0.480 e. The Hall–Kier alpha value is -2.00. The van der Waals surface area contributed by atoms with Gasteiger partial charge in [0.2, 0.25) is 0 Å². The molecule has 0 spiro atoms. The second-order valence-electron chi connectivity index (χ2n) is 4.97. The van der Waals surface area contributed by atoms with Gasteiger partial charge in [-0.3, -0.25) is 9.59 Å². The van der Waals surface area contributed by atoms with E-state index >= 15 is 0 Å². The molecule has 110 valence electrons. The van der Waals surface area contributed by atoms with Crippen LogP contribution in [0.2, 0.25) is 0 Å². The molecule has 0 radical (unpaired) electrons. The molecule has 1 aliphatic rings. The molecule has 6 heteroatoms. The third-order valence-corrected chi connectivity index (χ3v) is 4.14. The third kappa shape index (κ3) is 4.50. The highest BCUT2D eigenvalue weighted by molar-refractivity contribution is 7.99. The van der Waals surface area contributed by atoms with Gasteiger partial charge in [0.25, 0.3) is 5.91 Å². The maximum atomic E-state index is 12.6. The molecule has 2 rings (SSSR count). The molecule has 1 aliphatic carbocycles. The lowest BCUT2D eigenvalue weighted by atomic mass is 10.2. The number of carboxylic acid groups (broad SMARTS) is 1. The standard InChI is InChI=1S/C15H16N2O3S/c16-7-8-21-13-4-2-1-3-12(13)15(20)17(10-14(18)19)9-11-5-6-11/h1-4,11H,5-6,8-10H2,(H,18,19). The first-order valence-corrected chi connectivity index (χ1v) is 7.70. The predicted octanol–water partition coefficient (Wildman–Crippen LogP) is 2.24. The van der Waals surface area contributed by atoms with Crippen molar-refractivity contribution in [2.45, 2.75) is 17.7 Å². The highest BCUT2D eigenvalue weighted by atomic mass is 32.2. The second kappa shape index (κ2) is 7.14. The smallest absolute Gasteiger partial charge is 0.323 e. The molecule has 5 nitrogen and oxygen atoms in total. The van der Waals surface area contributed by atoms with Crippen LogP contribution in [0.3, 0.4) is 0 Å². The van der Waals surface area contributed by atoms with Gasteiger partial charge in [-0.2, -0.15) is 5.26 Å². The molecule has 0 saturated heterocycles. The van der Waals surface area contributed by atoms with Crippen LogP contribution in [0.4, 0.5) is 0 Å². The van der Waals surface area contributed by atoms with Gasteiger partial charge in [0.05, 0.1) is 17.4 Å². The van der Waals surface area contributed by atoms with Crippen molar-refractivity contribution >= 4 is 23.6 Å². The molecular weight excluding hydrogens is 288 g/mol. The van der Waals surface area contributed by atoms with E-state index in [9.17, 15) is 9.59 Å². The van der Waals surface area contributed by atoms with Crippen molar-refractivity contribution in [1.29, 1.82) is 5.26 Å². The van der Waals surface area contributed by atoms with Crippen LogP contribution in [0.1, 0.15) is 23.2 Å². The minimum Gasteiger partial charge on any atom is -0.480 e. The zero-order valence-electron chi connectivity index (χ0n) is 11.5. The van der Waals surface area contributed by atoms with E-state index in [0.29, 0.717) is 18.0 Å². The summed E-state index contributed by atoms with van der Waals surface area (Å²) in [6, 6.07) is 9.05. The lowest BCUT2D eigenvalue weighted by Gasteiger charge is -2.21. The first-order valence-electron chi connectivity index (χ1n) is 6.71. The predicted molar refractivity (Wildman–Crippen MR) is 79.0 cm³/mol. The number of amides is 1. The highest BCUT2D eigenvalue weighted by Gasteiger charge is 2.29. The van der Waals surface area contributed by atoms with E-state index in [1.54, 1.807) is 24.3 Å². The second-order valence-corrected chi connectivity index (χ2v) is 5.98. The zero-order valence-corrected chi connectivity index (χ0v) is 12.3. The van der Waals surface area contributed by atoms with Crippen LogP contribution in [0.5, 0.6) is 0 Å². The Balaban J connectivity index is 2.18. The number of carbonyl (C=O) groups excluding carboxylic acids is 1. The Morgan fingerprint density at radius 1 is 1.38 bits per heavy atom. The van der Waals surface area contributed by atoms with Crippen molar-refractivity contribution in [2.24, 2.45) is 5.92 Å².